The molecule has 0 N–H and O–H groups in total. The van der Waals surface area contributed by atoms with Crippen molar-refractivity contribution < 1.29 is 14.0 Å². The number of benzene rings is 1. The van der Waals surface area contributed by atoms with Crippen molar-refractivity contribution in [3.8, 4) is 6.07 Å². The van der Waals surface area contributed by atoms with Gasteiger partial charge in [0.25, 0.3) is 0 Å². The van der Waals surface area contributed by atoms with E-state index >= 15 is 0 Å². The number of nitrogens with zero attached hydrogens (tertiary/aromatic N) is 2. The summed E-state index contributed by atoms with van der Waals surface area (Å²) in [7, 11) is -1.99. The monoisotopic (exact) mass is 416 g/mol. The molecule has 1 unspecified atom stereocenters. The largest absolute Gasteiger partial charge is 0.466 e. The van der Waals surface area contributed by atoms with Gasteiger partial charge in [0, 0.05) is 13.1 Å². The van der Waals surface area contributed by atoms with Crippen molar-refractivity contribution in [1.29, 1.82) is 5.26 Å². The zero-order valence-electron chi connectivity index (χ0n) is 18.8. The zero-order valence-corrected chi connectivity index (χ0v) is 19.8. The molecule has 1 aromatic carbocycles. The maximum absolute atomic E-state index is 12.2. The first-order valence-corrected chi connectivity index (χ1v) is 13.5. The van der Waals surface area contributed by atoms with Crippen molar-refractivity contribution in [3.05, 3.63) is 35.4 Å². The summed E-state index contributed by atoms with van der Waals surface area (Å²) in [6.07, 6.45) is 1.80. The zero-order chi connectivity index (χ0) is 21.7. The SMILES string of the molecule is CCOC(=O)C1CCCN(C[C@H](O[Si](C)(C)C(C)(C)C)c2ccc(C#N)cc2)C1. The van der Waals surface area contributed by atoms with E-state index < -0.39 is 8.32 Å². The molecule has 0 aromatic heterocycles. The molecule has 0 radical (unpaired) electrons. The molecule has 1 aromatic rings. The molecule has 5 nitrogen and oxygen atoms in total. The number of nitriles is 1. The first-order valence-electron chi connectivity index (χ1n) is 10.6. The molecular weight excluding hydrogens is 380 g/mol. The molecule has 160 valence electrons. The van der Waals surface area contributed by atoms with Crippen molar-refractivity contribution in [3.63, 3.8) is 0 Å². The minimum Gasteiger partial charge on any atom is -0.466 e. The number of rotatable bonds is 7. The van der Waals surface area contributed by atoms with Crippen molar-refractivity contribution in [2.24, 2.45) is 5.92 Å². The number of carbonyl (C=O) groups is 1. The molecule has 6 heteroatoms. The molecule has 1 aliphatic heterocycles. The highest BCUT2D eigenvalue weighted by Gasteiger charge is 2.40. The Kier molecular flexibility index (Phi) is 8.04. The predicted molar refractivity (Wildman–Crippen MR) is 118 cm³/mol. The van der Waals surface area contributed by atoms with Gasteiger partial charge < -0.3 is 9.16 Å². The lowest BCUT2D eigenvalue weighted by molar-refractivity contribution is -0.150. The molecule has 1 heterocycles. The molecule has 29 heavy (non-hydrogen) atoms. The van der Waals surface area contributed by atoms with E-state index in [2.05, 4.69) is 44.8 Å². The Morgan fingerprint density at radius 2 is 1.97 bits per heavy atom. The maximum atomic E-state index is 12.2. The average molecular weight is 417 g/mol. The van der Waals surface area contributed by atoms with Crippen LogP contribution in [0.2, 0.25) is 18.1 Å². The van der Waals surface area contributed by atoms with Crippen LogP contribution in [0.4, 0.5) is 0 Å². The second kappa shape index (κ2) is 9.88. The van der Waals surface area contributed by atoms with Crippen LogP contribution in [0.1, 0.15) is 57.8 Å². The fourth-order valence-corrected chi connectivity index (χ4v) is 4.70. The van der Waals surface area contributed by atoms with Crippen molar-refractivity contribution in [2.45, 2.75) is 64.8 Å². The van der Waals surface area contributed by atoms with Crippen LogP contribution in [-0.2, 0) is 14.0 Å². The smallest absolute Gasteiger partial charge is 0.310 e. The average Bonchev–Trinajstić information content (AvgIpc) is 2.67. The number of piperidine rings is 1. The highest BCUT2D eigenvalue weighted by atomic mass is 28.4. The van der Waals surface area contributed by atoms with Crippen LogP contribution in [-0.4, -0.2) is 45.4 Å². The first kappa shape index (κ1) is 23.6. The van der Waals surface area contributed by atoms with Crippen LogP contribution >= 0.6 is 0 Å². The maximum Gasteiger partial charge on any atom is 0.310 e. The molecule has 1 aliphatic rings. The van der Waals surface area contributed by atoms with E-state index in [1.165, 1.54) is 0 Å². The van der Waals surface area contributed by atoms with Gasteiger partial charge in [0.05, 0.1) is 30.3 Å². The summed E-state index contributed by atoms with van der Waals surface area (Å²) >= 11 is 0. The van der Waals surface area contributed by atoms with E-state index in [0.29, 0.717) is 18.7 Å². The van der Waals surface area contributed by atoms with Gasteiger partial charge in [-0.3, -0.25) is 9.69 Å². The van der Waals surface area contributed by atoms with Gasteiger partial charge >= 0.3 is 5.97 Å². The lowest BCUT2D eigenvalue weighted by atomic mass is 9.97. The Bertz CT molecular complexity index is 719. The topological polar surface area (TPSA) is 62.6 Å². The molecule has 2 atom stereocenters. The van der Waals surface area contributed by atoms with E-state index in [1.54, 1.807) is 0 Å². The molecule has 2 rings (SSSR count). The van der Waals surface area contributed by atoms with Gasteiger partial charge in [-0.2, -0.15) is 5.26 Å². The Morgan fingerprint density at radius 1 is 1.31 bits per heavy atom. The number of esters is 1. The Balaban J connectivity index is 2.20. The van der Waals surface area contributed by atoms with Crippen LogP contribution in [0.15, 0.2) is 24.3 Å². The van der Waals surface area contributed by atoms with E-state index in [0.717, 1.165) is 31.5 Å². The molecule has 0 amide bonds. The summed E-state index contributed by atoms with van der Waals surface area (Å²) in [6, 6.07) is 9.90. The minimum atomic E-state index is -1.99. The van der Waals surface area contributed by atoms with E-state index in [9.17, 15) is 4.79 Å². The van der Waals surface area contributed by atoms with Gasteiger partial charge in [0.15, 0.2) is 8.32 Å². The van der Waals surface area contributed by atoms with Gasteiger partial charge in [-0.1, -0.05) is 32.9 Å². The molecular formula is C23H36N2O3Si. The van der Waals surface area contributed by atoms with Crippen LogP contribution in [0.25, 0.3) is 0 Å². The number of hydrogen-bond acceptors (Lipinski definition) is 5. The van der Waals surface area contributed by atoms with Gasteiger partial charge in [-0.25, -0.2) is 0 Å². The highest BCUT2D eigenvalue weighted by molar-refractivity contribution is 6.74. The van der Waals surface area contributed by atoms with Crippen molar-refractivity contribution in [2.75, 3.05) is 26.2 Å². The molecule has 1 fully saturated rings. The Hall–Kier alpha value is -1.68. The normalized spacial score (nSPS) is 19.4. The van der Waals surface area contributed by atoms with Crippen LogP contribution in [0.3, 0.4) is 0 Å². The minimum absolute atomic E-state index is 0.0572. The third-order valence-corrected chi connectivity index (χ3v) is 10.7. The number of ether oxygens (including phenoxy) is 1. The molecule has 0 aliphatic carbocycles. The summed E-state index contributed by atoms with van der Waals surface area (Å²) in [5.74, 6) is -0.143. The van der Waals surface area contributed by atoms with Crippen molar-refractivity contribution in [1.82, 2.24) is 4.90 Å². The third-order valence-electron chi connectivity index (χ3n) is 6.20. The molecule has 0 saturated carbocycles. The number of carbonyl (C=O) groups excluding carboxylic acids is 1. The van der Waals surface area contributed by atoms with Gasteiger partial charge in [-0.05, 0) is 62.1 Å². The van der Waals surface area contributed by atoms with E-state index in [-0.39, 0.29) is 23.0 Å². The fraction of sp³-hybridized carbons (Fsp3) is 0.652. The van der Waals surface area contributed by atoms with Gasteiger partial charge in [0.2, 0.25) is 0 Å². The Morgan fingerprint density at radius 3 is 2.52 bits per heavy atom. The lowest BCUT2D eigenvalue weighted by Gasteiger charge is -2.41. The number of hydrogen-bond donors (Lipinski definition) is 0. The summed E-state index contributed by atoms with van der Waals surface area (Å²) in [5, 5.41) is 9.22. The molecule has 1 saturated heterocycles. The first-order chi connectivity index (χ1) is 13.6. The van der Waals surface area contributed by atoms with Crippen LogP contribution < -0.4 is 0 Å². The second-order valence-corrected chi connectivity index (χ2v) is 14.2. The third kappa shape index (κ3) is 6.40. The van der Waals surface area contributed by atoms with Crippen LogP contribution in [0, 0.1) is 17.2 Å². The summed E-state index contributed by atoms with van der Waals surface area (Å²) in [5.41, 5.74) is 1.74. The van der Waals surface area contributed by atoms with Crippen molar-refractivity contribution >= 4 is 14.3 Å². The lowest BCUT2D eigenvalue weighted by Crippen LogP contribution is -2.46. The summed E-state index contributed by atoms with van der Waals surface area (Å²) in [6.45, 7) is 16.0. The van der Waals surface area contributed by atoms with E-state index in [1.807, 2.05) is 31.2 Å². The Labute approximate surface area is 177 Å². The molecule has 0 bridgehead atoms. The highest BCUT2D eigenvalue weighted by Crippen LogP contribution is 2.40. The quantitative estimate of drug-likeness (QED) is 0.467. The summed E-state index contributed by atoms with van der Waals surface area (Å²) < 4.78 is 12.1. The summed E-state index contributed by atoms with van der Waals surface area (Å²) in [4.78, 5) is 14.6. The standard InChI is InChI=1S/C23H36N2O3Si/c1-7-27-22(26)20-9-8-14-25(16-20)17-21(28-29(5,6)23(2,3)4)19-12-10-18(15-24)11-13-19/h10-13,20-21H,7-9,14,16-17H2,1-6H3/t20?,21-/m0/s1. The predicted octanol–water partition coefficient (Wildman–Crippen LogP) is 4.90. The van der Waals surface area contributed by atoms with Gasteiger partial charge in [0.1, 0.15) is 0 Å². The van der Waals surface area contributed by atoms with E-state index in [4.69, 9.17) is 14.4 Å². The second-order valence-electron chi connectivity index (χ2n) is 9.45. The number of likely N-dealkylation sites (tertiary alicyclic amines) is 1. The molecule has 0 spiro atoms. The van der Waals surface area contributed by atoms with Gasteiger partial charge in [-0.15, -0.1) is 0 Å². The fourth-order valence-electron chi connectivity index (χ4n) is 3.42. The van der Waals surface area contributed by atoms with Crippen LogP contribution in [0.5, 0.6) is 0 Å².